The minimum atomic E-state index is 0. The predicted octanol–water partition coefficient (Wildman–Crippen LogP) is 4.66. The maximum Gasteiger partial charge on any atom is -0.0279 e. The van der Waals surface area contributed by atoms with Gasteiger partial charge >= 0.3 is 55.5 Å². The van der Waals surface area contributed by atoms with Gasteiger partial charge in [0.05, 0.1) is 0 Å². The first-order valence-corrected chi connectivity index (χ1v) is 26.4. The molecule has 6 aromatic carbocycles. The second kappa shape index (κ2) is 16.3. The molecule has 0 aliphatic carbocycles. The van der Waals surface area contributed by atoms with Crippen LogP contribution in [0.1, 0.15) is 25.0 Å². The summed E-state index contributed by atoms with van der Waals surface area (Å²) in [6.07, 6.45) is 2.20. The van der Waals surface area contributed by atoms with Crippen LogP contribution >= 0.6 is 0 Å². The predicted molar refractivity (Wildman–Crippen MR) is 179 cm³/mol. The molecule has 0 nitrogen and oxygen atoms in total. The van der Waals surface area contributed by atoms with E-state index in [1.54, 1.807) is 24.2 Å². The van der Waals surface area contributed by atoms with E-state index in [0.29, 0.717) is 31.3 Å². The van der Waals surface area contributed by atoms with Crippen LogP contribution in [0.5, 0.6) is 0 Å². The molecule has 2 bridgehead atoms. The molecule has 0 saturated heterocycles. The topological polar surface area (TPSA) is 0 Å². The van der Waals surface area contributed by atoms with Crippen molar-refractivity contribution in [2.75, 3.05) is 0 Å². The summed E-state index contributed by atoms with van der Waals surface area (Å²) in [7, 11) is 0. The summed E-state index contributed by atoms with van der Waals surface area (Å²) in [5.41, 5.74) is 9.18. The van der Waals surface area contributed by atoms with Crippen molar-refractivity contribution in [3.8, 4) is 22.3 Å². The monoisotopic (exact) mass is 710 g/mol. The van der Waals surface area contributed by atoms with E-state index in [1.165, 1.54) is 54.9 Å². The molecule has 2 aliphatic heterocycles. The van der Waals surface area contributed by atoms with Gasteiger partial charge in [0.15, 0.2) is 0 Å². The van der Waals surface area contributed by atoms with Crippen LogP contribution in [0.25, 0.3) is 43.8 Å². The number of benzene rings is 4. The minimum Gasteiger partial charge on any atom is -1.00 e. The Morgan fingerprint density at radius 2 is 0.930 bits per heavy atom. The van der Waals surface area contributed by atoms with Crippen molar-refractivity contribution in [1.29, 1.82) is 0 Å². The van der Waals surface area contributed by atoms with Crippen molar-refractivity contribution in [2.45, 2.75) is 50.9 Å². The van der Waals surface area contributed by atoms with E-state index in [-0.39, 0.29) is 24.8 Å². The van der Waals surface area contributed by atoms with Gasteiger partial charge in [-0.15, -0.1) is 69.1 Å². The fourth-order valence-electron chi connectivity index (χ4n) is 6.09. The van der Waals surface area contributed by atoms with Crippen molar-refractivity contribution in [2.24, 2.45) is 0 Å². The van der Waals surface area contributed by atoms with Crippen molar-refractivity contribution in [3.05, 3.63) is 132 Å². The van der Waals surface area contributed by atoms with E-state index < -0.39 is 0 Å². The maximum atomic E-state index is 2.32. The van der Waals surface area contributed by atoms with Crippen LogP contribution < -0.4 is 24.8 Å². The summed E-state index contributed by atoms with van der Waals surface area (Å²) >= 11 is 0.465. The van der Waals surface area contributed by atoms with Crippen LogP contribution in [0.3, 0.4) is 0 Å². The molecule has 0 saturated carbocycles. The molecule has 0 spiro atoms. The molecule has 0 unspecified atom stereocenters. The number of aryl methyl sites for hydroxylation is 2. The number of hydrogen-bond acceptors (Lipinski definition) is 0. The van der Waals surface area contributed by atoms with E-state index in [0.717, 1.165) is 12.8 Å². The second-order valence-corrected chi connectivity index (χ2v) is 32.5. The quantitative estimate of drug-likeness (QED) is 0.185. The van der Waals surface area contributed by atoms with Crippen molar-refractivity contribution >= 4 is 32.4 Å². The Kier molecular flexibility index (Phi) is 12.9. The summed E-state index contributed by atoms with van der Waals surface area (Å²) in [5.74, 6) is 0. The third kappa shape index (κ3) is 8.18. The van der Waals surface area contributed by atoms with Crippen LogP contribution in [0.15, 0.2) is 121 Å². The average molecular weight is 713 g/mol. The Morgan fingerprint density at radius 3 is 1.26 bits per heavy atom. The molecule has 2 aliphatic rings. The van der Waals surface area contributed by atoms with E-state index in [9.17, 15) is 0 Å². The van der Waals surface area contributed by atoms with Crippen molar-refractivity contribution in [1.82, 2.24) is 0 Å². The van der Waals surface area contributed by atoms with E-state index in [2.05, 4.69) is 135 Å². The number of rotatable bonds is 4. The smallest absolute Gasteiger partial charge is 0.0279 e. The second-order valence-electron chi connectivity index (χ2n) is 11.1. The summed E-state index contributed by atoms with van der Waals surface area (Å²) in [5, 5.41) is 5.44. The van der Waals surface area contributed by atoms with Gasteiger partial charge in [0.25, 0.3) is 0 Å². The summed E-state index contributed by atoms with van der Waals surface area (Å²) < 4.78 is 0. The molecular weight excluding hydrogens is 675 g/mol. The average Bonchev–Trinajstić information content (AvgIpc) is 3.86. The molecule has 0 fully saturated rings. The number of hydrogen-bond donors (Lipinski definition) is 0. The van der Waals surface area contributed by atoms with Crippen LogP contribution in [0, 0.1) is 0 Å². The van der Waals surface area contributed by atoms with Gasteiger partial charge in [-0.1, -0.05) is 97.8 Å². The molecule has 43 heavy (non-hydrogen) atoms. The third-order valence-electron chi connectivity index (χ3n) is 8.42. The van der Waals surface area contributed by atoms with E-state index in [1.807, 2.05) is 0 Å². The molecule has 8 rings (SSSR count). The SMILES string of the molecule is C1C[Si]2=[Zr]=[Si]1CC2.CCc1cc2c(-c3ccccc3)cccc2[cH-]1.CCc1cc2c(-c3ccccc3)cccc2[cH-]1.[Cl-].[Cl-]. The largest absolute Gasteiger partial charge is 1.00 e. The Bertz CT molecular complexity index is 1700. The van der Waals surface area contributed by atoms with Gasteiger partial charge in [0.2, 0.25) is 0 Å². The van der Waals surface area contributed by atoms with Crippen LogP contribution in [-0.2, 0) is 33.3 Å². The number of fused-ring (bicyclic) bond motifs is 2. The number of halogens is 2. The van der Waals surface area contributed by atoms with Crippen LogP contribution in [-0.4, -0.2) is 10.9 Å². The molecule has 0 radical (unpaired) electrons. The Morgan fingerprint density at radius 1 is 0.535 bits per heavy atom. The molecule has 0 amide bonds. The van der Waals surface area contributed by atoms with Gasteiger partial charge in [0.1, 0.15) is 0 Å². The van der Waals surface area contributed by atoms with Crippen molar-refractivity contribution < 1.29 is 45.3 Å². The summed E-state index contributed by atoms with van der Waals surface area (Å²) in [6, 6.07) is 50.6. The normalized spacial score (nSPS) is 12.7. The summed E-state index contributed by atoms with van der Waals surface area (Å²) in [6.45, 7) is 4.41. The summed E-state index contributed by atoms with van der Waals surface area (Å²) in [4.78, 5) is 0. The molecule has 6 aromatic rings. The van der Waals surface area contributed by atoms with Crippen molar-refractivity contribution in [3.63, 3.8) is 0 Å². The third-order valence-corrected chi connectivity index (χ3v) is 38.7. The molecule has 0 aromatic heterocycles. The van der Waals surface area contributed by atoms with Crippen LogP contribution in [0.2, 0.25) is 24.2 Å². The maximum absolute atomic E-state index is 2.32. The van der Waals surface area contributed by atoms with E-state index in [4.69, 9.17) is 0 Å². The van der Waals surface area contributed by atoms with Gasteiger partial charge < -0.3 is 24.8 Å². The first-order chi connectivity index (χ1) is 20.2. The first-order valence-electron chi connectivity index (χ1n) is 15.2. The minimum absolute atomic E-state index is 0. The molecule has 0 N–H and O–H groups in total. The molecule has 2 heterocycles. The standard InChI is InChI=1S/2C17H15.C4H8Si2.2ClH.Zr/c2*1-2-13-11-15-9-6-10-16(17(15)12-13)14-7-4-3-5-8-14;1-2-6-4-3-5-1;;;/h2*3-12H,2H2,1H3;1-4H2;2*1H;/q2*-1;;;;/p-2. The molecule has 0 atom stereocenters. The fourth-order valence-corrected chi connectivity index (χ4v) is 48.6. The Hall–Kier alpha value is -2.00. The molecule has 220 valence electrons. The van der Waals surface area contributed by atoms with Gasteiger partial charge in [-0.3, -0.25) is 0 Å². The first kappa shape index (κ1) is 33.9. The fraction of sp³-hybridized carbons (Fsp3) is 0.211. The van der Waals surface area contributed by atoms with E-state index >= 15 is 0 Å². The Labute approximate surface area is 281 Å². The zero-order valence-electron chi connectivity index (χ0n) is 25.0. The van der Waals surface area contributed by atoms with Gasteiger partial charge in [-0.2, -0.15) is 12.1 Å². The Balaban J connectivity index is 0.000000155. The molecule has 5 heteroatoms. The molecular formula is C38H38Cl2Si2Zr-4. The van der Waals surface area contributed by atoms with Crippen LogP contribution in [0.4, 0.5) is 0 Å². The van der Waals surface area contributed by atoms with Gasteiger partial charge in [0, 0.05) is 0 Å². The zero-order valence-corrected chi connectivity index (χ0v) is 31.0. The van der Waals surface area contributed by atoms with Gasteiger partial charge in [-0.05, 0) is 24.0 Å². The van der Waals surface area contributed by atoms with Gasteiger partial charge in [-0.25, -0.2) is 0 Å². The zero-order chi connectivity index (χ0) is 28.0.